The van der Waals surface area contributed by atoms with Crippen LogP contribution in [0, 0.1) is 5.82 Å². The second kappa shape index (κ2) is 8.03. The molecule has 0 aromatic heterocycles. The lowest BCUT2D eigenvalue weighted by atomic mass is 9.81. The average molecular weight is 362 g/mol. The first-order chi connectivity index (χ1) is 12.5. The number of carbonyl (C=O) groups excluding carboxylic acids is 2. The number of anilines is 1. The van der Waals surface area contributed by atoms with Crippen LogP contribution in [0.15, 0.2) is 24.3 Å². The highest BCUT2D eigenvalue weighted by Crippen LogP contribution is 2.28. The van der Waals surface area contributed by atoms with Crippen LogP contribution in [0.1, 0.15) is 44.9 Å². The van der Waals surface area contributed by atoms with Crippen LogP contribution >= 0.6 is 0 Å². The fourth-order valence-electron chi connectivity index (χ4n) is 3.82. The topological polar surface area (TPSA) is 87.5 Å². The zero-order valence-corrected chi connectivity index (χ0v) is 15.0. The third kappa shape index (κ3) is 4.52. The maximum atomic E-state index is 12.9. The number of carbonyl (C=O) groups is 2. The Balaban J connectivity index is 1.45. The van der Waals surface area contributed by atoms with Gasteiger partial charge in [0.1, 0.15) is 5.82 Å². The van der Waals surface area contributed by atoms with E-state index >= 15 is 0 Å². The number of benzene rings is 1. The molecule has 2 aliphatic rings. The molecule has 0 atom stereocenters. The van der Waals surface area contributed by atoms with Crippen LogP contribution in [-0.2, 0) is 4.79 Å². The molecule has 2 fully saturated rings. The van der Waals surface area contributed by atoms with Crippen molar-refractivity contribution in [2.75, 3.05) is 18.4 Å². The number of hydrogen-bond donors (Lipinski definition) is 3. The van der Waals surface area contributed by atoms with E-state index in [4.69, 9.17) is 5.73 Å². The zero-order valence-electron chi connectivity index (χ0n) is 15.0. The van der Waals surface area contributed by atoms with E-state index in [0.717, 1.165) is 32.1 Å². The summed E-state index contributed by atoms with van der Waals surface area (Å²) in [4.78, 5) is 26.7. The minimum Gasteiger partial charge on any atom is -0.341 e. The second-order valence-electron chi connectivity index (χ2n) is 7.39. The summed E-state index contributed by atoms with van der Waals surface area (Å²) in [6.45, 7) is 1.22. The monoisotopic (exact) mass is 362 g/mol. The number of amides is 3. The van der Waals surface area contributed by atoms with Crippen LogP contribution in [-0.4, -0.2) is 41.5 Å². The fourth-order valence-corrected chi connectivity index (χ4v) is 3.82. The molecule has 4 N–H and O–H groups in total. The van der Waals surface area contributed by atoms with Gasteiger partial charge >= 0.3 is 6.03 Å². The van der Waals surface area contributed by atoms with Crippen molar-refractivity contribution in [1.29, 1.82) is 0 Å². The number of rotatable bonds is 3. The van der Waals surface area contributed by atoms with Crippen molar-refractivity contribution in [3.8, 4) is 0 Å². The molecule has 7 heteroatoms. The number of nitrogens with one attached hydrogen (secondary N) is 2. The Kier molecular flexibility index (Phi) is 5.76. The number of hydrogen-bond acceptors (Lipinski definition) is 3. The van der Waals surface area contributed by atoms with E-state index in [1.165, 1.54) is 24.3 Å². The van der Waals surface area contributed by atoms with Gasteiger partial charge in [-0.2, -0.15) is 0 Å². The van der Waals surface area contributed by atoms with Gasteiger partial charge in [0.2, 0.25) is 5.91 Å². The van der Waals surface area contributed by atoms with Crippen molar-refractivity contribution in [2.24, 2.45) is 5.73 Å². The van der Waals surface area contributed by atoms with Gasteiger partial charge in [0, 0.05) is 24.8 Å². The van der Waals surface area contributed by atoms with E-state index in [0.29, 0.717) is 31.6 Å². The van der Waals surface area contributed by atoms with Crippen LogP contribution < -0.4 is 16.4 Å². The third-order valence-electron chi connectivity index (χ3n) is 5.39. The first kappa shape index (κ1) is 18.6. The predicted molar refractivity (Wildman–Crippen MR) is 98.2 cm³/mol. The summed E-state index contributed by atoms with van der Waals surface area (Å²) in [5, 5.41) is 5.61. The molecular weight excluding hydrogens is 335 g/mol. The molecule has 1 aromatic rings. The average Bonchev–Trinajstić information content (AvgIpc) is 2.64. The Morgan fingerprint density at radius 2 is 1.69 bits per heavy atom. The number of nitrogens with zero attached hydrogens (tertiary/aromatic N) is 1. The summed E-state index contributed by atoms with van der Waals surface area (Å²) in [6, 6.07) is 5.33. The third-order valence-corrected chi connectivity index (χ3v) is 5.39. The van der Waals surface area contributed by atoms with Gasteiger partial charge in [0.15, 0.2) is 0 Å². The van der Waals surface area contributed by atoms with Gasteiger partial charge in [0.05, 0.1) is 5.54 Å². The highest BCUT2D eigenvalue weighted by atomic mass is 19.1. The first-order valence-electron chi connectivity index (χ1n) is 9.38. The van der Waals surface area contributed by atoms with E-state index < -0.39 is 5.54 Å². The highest BCUT2D eigenvalue weighted by molar-refractivity contribution is 5.89. The maximum absolute atomic E-state index is 12.9. The molecule has 3 amide bonds. The summed E-state index contributed by atoms with van der Waals surface area (Å²) in [6.07, 6.45) is 6.14. The van der Waals surface area contributed by atoms with Gasteiger partial charge in [0.25, 0.3) is 0 Å². The first-order valence-corrected chi connectivity index (χ1v) is 9.38. The summed E-state index contributed by atoms with van der Waals surface area (Å²) < 4.78 is 12.9. The van der Waals surface area contributed by atoms with E-state index in [1.807, 2.05) is 4.90 Å². The Labute approximate surface area is 153 Å². The molecule has 0 bridgehead atoms. The SMILES string of the molecule is NC1(C(=O)N2CCC(NC(=O)Nc3ccc(F)cc3)CC2)CCCCC1. The lowest BCUT2D eigenvalue weighted by Gasteiger charge is -2.40. The van der Waals surface area contributed by atoms with Crippen LogP contribution in [0.2, 0.25) is 0 Å². The smallest absolute Gasteiger partial charge is 0.319 e. The number of halogens is 1. The molecule has 26 heavy (non-hydrogen) atoms. The van der Waals surface area contributed by atoms with Crippen LogP contribution in [0.4, 0.5) is 14.9 Å². The lowest BCUT2D eigenvalue weighted by Crippen LogP contribution is -2.58. The van der Waals surface area contributed by atoms with E-state index in [1.54, 1.807) is 0 Å². The van der Waals surface area contributed by atoms with E-state index in [2.05, 4.69) is 10.6 Å². The van der Waals surface area contributed by atoms with Crippen molar-refractivity contribution in [3.05, 3.63) is 30.1 Å². The second-order valence-corrected chi connectivity index (χ2v) is 7.39. The molecule has 142 valence electrons. The molecular formula is C19H27FN4O2. The normalized spacial score (nSPS) is 20.5. The largest absolute Gasteiger partial charge is 0.341 e. The molecule has 0 radical (unpaired) electrons. The van der Waals surface area contributed by atoms with Crippen LogP contribution in [0.5, 0.6) is 0 Å². The number of piperidine rings is 1. The molecule has 0 unspecified atom stereocenters. The maximum Gasteiger partial charge on any atom is 0.319 e. The zero-order chi connectivity index (χ0) is 18.6. The van der Waals surface area contributed by atoms with Gasteiger partial charge in [-0.05, 0) is 49.9 Å². The van der Waals surface area contributed by atoms with E-state index in [-0.39, 0.29) is 23.8 Å². The molecule has 1 saturated carbocycles. The van der Waals surface area contributed by atoms with Gasteiger partial charge in [-0.3, -0.25) is 4.79 Å². The molecule has 1 saturated heterocycles. The number of nitrogens with two attached hydrogens (primary N) is 1. The van der Waals surface area contributed by atoms with Gasteiger partial charge < -0.3 is 21.3 Å². The minimum absolute atomic E-state index is 0.0135. The number of likely N-dealkylation sites (tertiary alicyclic amines) is 1. The molecule has 6 nitrogen and oxygen atoms in total. The van der Waals surface area contributed by atoms with Crippen molar-refractivity contribution in [2.45, 2.75) is 56.5 Å². The minimum atomic E-state index is -0.696. The van der Waals surface area contributed by atoms with Gasteiger partial charge in [-0.25, -0.2) is 9.18 Å². The predicted octanol–water partition coefficient (Wildman–Crippen LogP) is 2.60. The van der Waals surface area contributed by atoms with Crippen molar-refractivity contribution in [3.63, 3.8) is 0 Å². The Hall–Kier alpha value is -2.15. The van der Waals surface area contributed by atoms with Crippen LogP contribution in [0.25, 0.3) is 0 Å². The van der Waals surface area contributed by atoms with E-state index in [9.17, 15) is 14.0 Å². The molecule has 1 heterocycles. The molecule has 1 aliphatic heterocycles. The Morgan fingerprint density at radius 1 is 1.08 bits per heavy atom. The summed E-state index contributed by atoms with van der Waals surface area (Å²) >= 11 is 0. The quantitative estimate of drug-likeness (QED) is 0.772. The Bertz CT molecular complexity index is 635. The summed E-state index contributed by atoms with van der Waals surface area (Å²) in [7, 11) is 0. The molecule has 1 aliphatic carbocycles. The molecule has 3 rings (SSSR count). The lowest BCUT2D eigenvalue weighted by molar-refractivity contribution is -0.139. The number of urea groups is 1. The summed E-state index contributed by atoms with van der Waals surface area (Å²) in [5.74, 6) is -0.282. The standard InChI is InChI=1S/C19H27FN4O2/c20-14-4-6-15(7-5-14)22-18(26)23-16-8-12-24(13-9-16)17(25)19(21)10-2-1-3-11-19/h4-7,16H,1-3,8-13,21H2,(H2,22,23,26). The Morgan fingerprint density at radius 3 is 2.31 bits per heavy atom. The molecule has 0 spiro atoms. The summed E-state index contributed by atoms with van der Waals surface area (Å²) in [5.41, 5.74) is 6.19. The highest BCUT2D eigenvalue weighted by Gasteiger charge is 2.39. The van der Waals surface area contributed by atoms with Crippen molar-refractivity contribution >= 4 is 17.6 Å². The molecule has 1 aromatic carbocycles. The van der Waals surface area contributed by atoms with Gasteiger partial charge in [-0.15, -0.1) is 0 Å². The van der Waals surface area contributed by atoms with Crippen molar-refractivity contribution in [1.82, 2.24) is 10.2 Å². The van der Waals surface area contributed by atoms with Crippen molar-refractivity contribution < 1.29 is 14.0 Å². The van der Waals surface area contributed by atoms with Crippen LogP contribution in [0.3, 0.4) is 0 Å². The fraction of sp³-hybridized carbons (Fsp3) is 0.579. The van der Waals surface area contributed by atoms with Gasteiger partial charge in [-0.1, -0.05) is 19.3 Å².